The molecule has 1 aliphatic heterocycles. The molecule has 3 aromatic carbocycles. The summed E-state index contributed by atoms with van der Waals surface area (Å²) in [7, 11) is 0. The van der Waals surface area contributed by atoms with Crippen molar-refractivity contribution in [2.45, 2.75) is 6.54 Å². The minimum Gasteiger partial charge on any atom is -0.507 e. The zero-order chi connectivity index (χ0) is 24.9. The number of halogens is 1. The van der Waals surface area contributed by atoms with Gasteiger partial charge in [0.25, 0.3) is 5.91 Å². The van der Waals surface area contributed by atoms with Gasteiger partial charge in [-0.2, -0.15) is 5.10 Å². The number of hydrogen-bond acceptors (Lipinski definition) is 6. The van der Waals surface area contributed by atoms with E-state index in [1.54, 1.807) is 30.5 Å². The third-order valence-corrected chi connectivity index (χ3v) is 6.66. The molecule has 5 rings (SSSR count). The lowest BCUT2D eigenvalue weighted by Gasteiger charge is -2.12. The number of carbonyl (C=O) groups excluding carboxylic acids is 1. The molecule has 0 bridgehead atoms. The number of hydrogen-bond donors (Lipinski definition) is 1. The summed E-state index contributed by atoms with van der Waals surface area (Å²) < 4.78 is 5.44. The molecule has 1 aliphatic rings. The van der Waals surface area contributed by atoms with E-state index in [1.807, 2.05) is 48.5 Å². The summed E-state index contributed by atoms with van der Waals surface area (Å²) in [6.45, 7) is 0.222. The van der Waals surface area contributed by atoms with Crippen LogP contribution in [0.3, 0.4) is 0 Å². The van der Waals surface area contributed by atoms with E-state index in [0.717, 1.165) is 16.7 Å². The lowest BCUT2D eigenvalue weighted by atomic mass is 10.0. The first-order chi connectivity index (χ1) is 17.6. The molecule has 4 aromatic rings. The molecule has 0 radical (unpaired) electrons. The SMILES string of the molecule is O=C1/C(=C/c2ccc(-c3ccccc3)cc2)S/C(=N\N=C\c2cc(Cl)ccc2O)N1Cc1ccco1. The summed E-state index contributed by atoms with van der Waals surface area (Å²) in [6.07, 6.45) is 4.80. The van der Waals surface area contributed by atoms with Crippen molar-refractivity contribution in [3.8, 4) is 16.9 Å². The summed E-state index contributed by atoms with van der Waals surface area (Å²) >= 11 is 7.23. The van der Waals surface area contributed by atoms with Crippen LogP contribution < -0.4 is 0 Å². The maximum Gasteiger partial charge on any atom is 0.267 e. The van der Waals surface area contributed by atoms with Gasteiger partial charge in [0.15, 0.2) is 5.17 Å². The van der Waals surface area contributed by atoms with Crippen molar-refractivity contribution in [3.63, 3.8) is 0 Å². The number of amidine groups is 1. The Kier molecular flexibility index (Phi) is 7.02. The van der Waals surface area contributed by atoms with E-state index in [-0.39, 0.29) is 18.2 Å². The Balaban J connectivity index is 1.41. The van der Waals surface area contributed by atoms with Gasteiger partial charge < -0.3 is 9.52 Å². The zero-order valence-corrected chi connectivity index (χ0v) is 20.5. The summed E-state index contributed by atoms with van der Waals surface area (Å²) in [5.74, 6) is 0.468. The average molecular weight is 514 g/mol. The van der Waals surface area contributed by atoms with Crippen LogP contribution in [0.15, 0.2) is 111 Å². The average Bonchev–Trinajstić information content (AvgIpc) is 3.51. The monoisotopic (exact) mass is 513 g/mol. The molecule has 36 heavy (non-hydrogen) atoms. The molecule has 0 atom stereocenters. The molecule has 0 saturated carbocycles. The van der Waals surface area contributed by atoms with Crippen LogP contribution in [0.4, 0.5) is 0 Å². The maximum atomic E-state index is 13.3. The highest BCUT2D eigenvalue weighted by Crippen LogP contribution is 2.34. The predicted octanol–water partition coefficient (Wildman–Crippen LogP) is 6.81. The highest BCUT2D eigenvalue weighted by atomic mass is 35.5. The zero-order valence-electron chi connectivity index (χ0n) is 18.9. The van der Waals surface area contributed by atoms with Crippen molar-refractivity contribution in [1.82, 2.24) is 4.90 Å². The second-order valence-corrected chi connectivity index (χ2v) is 9.35. The first-order valence-corrected chi connectivity index (χ1v) is 12.2. The van der Waals surface area contributed by atoms with Gasteiger partial charge in [0.2, 0.25) is 0 Å². The van der Waals surface area contributed by atoms with Gasteiger partial charge in [-0.15, -0.1) is 5.10 Å². The lowest BCUT2D eigenvalue weighted by Crippen LogP contribution is -2.28. The third-order valence-electron chi connectivity index (χ3n) is 5.43. The topological polar surface area (TPSA) is 78.4 Å². The number of amides is 1. The Bertz CT molecular complexity index is 1460. The molecule has 0 aliphatic carbocycles. The van der Waals surface area contributed by atoms with Crippen LogP contribution in [0.25, 0.3) is 17.2 Å². The van der Waals surface area contributed by atoms with Gasteiger partial charge in [0.05, 0.1) is 23.9 Å². The van der Waals surface area contributed by atoms with Crippen LogP contribution in [0.5, 0.6) is 5.75 Å². The van der Waals surface area contributed by atoms with Crippen LogP contribution in [-0.2, 0) is 11.3 Å². The maximum absolute atomic E-state index is 13.3. The van der Waals surface area contributed by atoms with Crippen molar-refractivity contribution in [2.75, 3.05) is 0 Å². The molecule has 1 amide bonds. The second-order valence-electron chi connectivity index (χ2n) is 7.90. The minimum absolute atomic E-state index is 0.0328. The first kappa shape index (κ1) is 23.7. The largest absolute Gasteiger partial charge is 0.507 e. The minimum atomic E-state index is -0.192. The van der Waals surface area contributed by atoms with Crippen LogP contribution >= 0.6 is 23.4 Å². The van der Waals surface area contributed by atoms with Gasteiger partial charge >= 0.3 is 0 Å². The number of rotatable bonds is 6. The fraction of sp³-hybridized carbons (Fsp3) is 0.0357. The van der Waals surface area contributed by atoms with Gasteiger partial charge in [-0.1, -0.05) is 66.2 Å². The summed E-state index contributed by atoms with van der Waals surface area (Å²) in [5, 5.41) is 19.2. The molecule has 1 saturated heterocycles. The van der Waals surface area contributed by atoms with E-state index < -0.39 is 0 Å². The Morgan fingerprint density at radius 2 is 1.75 bits per heavy atom. The highest BCUT2D eigenvalue weighted by molar-refractivity contribution is 8.18. The van der Waals surface area contributed by atoms with E-state index in [1.165, 1.54) is 28.9 Å². The van der Waals surface area contributed by atoms with Gasteiger partial charge in [-0.05, 0) is 64.9 Å². The van der Waals surface area contributed by atoms with Gasteiger partial charge in [-0.3, -0.25) is 9.69 Å². The number of phenols is 1. The molecular weight excluding hydrogens is 494 g/mol. The summed E-state index contributed by atoms with van der Waals surface area (Å²) in [4.78, 5) is 15.3. The fourth-order valence-electron chi connectivity index (χ4n) is 3.60. The summed E-state index contributed by atoms with van der Waals surface area (Å²) in [6, 6.07) is 26.4. The van der Waals surface area contributed by atoms with Gasteiger partial charge in [-0.25, -0.2) is 0 Å². The van der Waals surface area contributed by atoms with Crippen molar-refractivity contribution < 1.29 is 14.3 Å². The van der Waals surface area contributed by atoms with E-state index in [2.05, 4.69) is 22.3 Å². The second kappa shape index (κ2) is 10.7. The van der Waals surface area contributed by atoms with Crippen molar-refractivity contribution >= 4 is 46.7 Å². The molecule has 8 heteroatoms. The predicted molar refractivity (Wildman–Crippen MR) is 145 cm³/mol. The number of furan rings is 1. The van der Waals surface area contributed by atoms with E-state index >= 15 is 0 Å². The third kappa shape index (κ3) is 5.43. The molecule has 6 nitrogen and oxygen atoms in total. The quantitative estimate of drug-likeness (QED) is 0.174. The number of benzene rings is 3. The molecule has 1 N–H and O–H groups in total. The van der Waals surface area contributed by atoms with Crippen LogP contribution in [0.2, 0.25) is 5.02 Å². The molecule has 0 unspecified atom stereocenters. The smallest absolute Gasteiger partial charge is 0.267 e. The molecule has 1 fully saturated rings. The summed E-state index contributed by atoms with van der Waals surface area (Å²) in [5.41, 5.74) is 3.55. The molecule has 0 spiro atoms. The van der Waals surface area contributed by atoms with Crippen molar-refractivity contribution in [2.24, 2.45) is 10.2 Å². The Morgan fingerprint density at radius 1 is 0.972 bits per heavy atom. The standard InChI is InChI=1S/C28H20ClN3O3S/c29-23-12-13-25(33)22(16-23)17-30-31-28-32(18-24-7-4-14-35-24)27(34)26(36-28)15-19-8-10-21(11-9-19)20-5-2-1-3-6-20/h1-17,33H,18H2/b26-15-,30-17+,31-28-. The Morgan fingerprint density at radius 3 is 2.50 bits per heavy atom. The van der Waals surface area contributed by atoms with Gasteiger partial charge in [0.1, 0.15) is 11.5 Å². The molecular formula is C28H20ClN3O3S. The van der Waals surface area contributed by atoms with E-state index in [9.17, 15) is 9.90 Å². The van der Waals surface area contributed by atoms with Crippen molar-refractivity contribution in [1.29, 1.82) is 0 Å². The number of phenolic OH excluding ortho intramolecular Hbond substituents is 1. The Hall–Kier alpha value is -4.07. The Labute approximate surface area is 217 Å². The van der Waals surface area contributed by atoms with Crippen LogP contribution in [-0.4, -0.2) is 27.3 Å². The van der Waals surface area contributed by atoms with E-state index in [4.69, 9.17) is 16.0 Å². The number of aromatic hydroxyl groups is 1. The molecule has 2 heterocycles. The number of nitrogens with zero attached hydrogens (tertiary/aromatic N) is 3. The van der Waals surface area contributed by atoms with E-state index in [0.29, 0.717) is 26.4 Å². The highest BCUT2D eigenvalue weighted by Gasteiger charge is 2.34. The van der Waals surface area contributed by atoms with Gasteiger partial charge in [0, 0.05) is 10.6 Å². The lowest BCUT2D eigenvalue weighted by molar-refractivity contribution is -0.122. The fourth-order valence-corrected chi connectivity index (χ4v) is 4.72. The first-order valence-electron chi connectivity index (χ1n) is 11.1. The van der Waals surface area contributed by atoms with Crippen LogP contribution in [0, 0.1) is 0 Å². The molecule has 1 aromatic heterocycles. The normalized spacial score (nSPS) is 16.0. The number of carbonyl (C=O) groups is 1. The van der Waals surface area contributed by atoms with Crippen molar-refractivity contribution in [3.05, 3.63) is 118 Å². The number of thioether (sulfide) groups is 1. The van der Waals surface area contributed by atoms with Crippen LogP contribution in [0.1, 0.15) is 16.9 Å². The molecule has 178 valence electrons.